The first-order valence-electron chi connectivity index (χ1n) is 6.21. The fraction of sp³-hybridized carbons (Fsp3) is 0.357. The van der Waals surface area contributed by atoms with Crippen molar-refractivity contribution in [2.45, 2.75) is 18.2 Å². The fourth-order valence-corrected chi connectivity index (χ4v) is 2.89. The van der Waals surface area contributed by atoms with E-state index in [1.807, 2.05) is 0 Å². The number of methoxy groups -OCH3 is 1. The molecule has 1 unspecified atom stereocenters. The van der Waals surface area contributed by atoms with Crippen molar-refractivity contribution in [1.29, 1.82) is 0 Å². The number of carbonyl (C=O) groups excluding carboxylic acids is 1. The molecule has 114 valence electrons. The second-order valence-corrected chi connectivity index (χ2v) is 5.86. The van der Waals surface area contributed by atoms with E-state index in [-0.39, 0.29) is 0 Å². The Balaban J connectivity index is 2.41. The van der Waals surface area contributed by atoms with Gasteiger partial charge in [0.15, 0.2) is 0 Å². The zero-order valence-corrected chi connectivity index (χ0v) is 13.5. The highest BCUT2D eigenvalue weighted by Crippen LogP contribution is 2.34. The van der Waals surface area contributed by atoms with Crippen molar-refractivity contribution < 1.29 is 18.3 Å². The molecular formula is C14H13BrClF2NO2. The molecule has 0 aliphatic carbocycles. The predicted octanol–water partition coefficient (Wildman–Crippen LogP) is 3.90. The van der Waals surface area contributed by atoms with E-state index >= 15 is 0 Å². The number of allylic oxidation sites excluding steroid dienone is 1. The lowest BCUT2D eigenvalue weighted by Crippen LogP contribution is -2.41. The molecule has 0 radical (unpaired) electrons. The predicted molar refractivity (Wildman–Crippen MR) is 80.6 cm³/mol. The molecule has 1 atom stereocenters. The summed E-state index contributed by atoms with van der Waals surface area (Å²) in [5, 5.41) is -0.801. The lowest BCUT2D eigenvalue weighted by Gasteiger charge is -2.31. The Labute approximate surface area is 134 Å². The van der Waals surface area contributed by atoms with Crippen LogP contribution < -0.4 is 4.74 Å². The maximum atomic E-state index is 12.7. The molecule has 1 aromatic carbocycles. The zero-order chi connectivity index (χ0) is 15.6. The summed E-state index contributed by atoms with van der Waals surface area (Å²) >= 11 is 9.25. The van der Waals surface area contributed by atoms with Gasteiger partial charge in [-0.3, -0.25) is 4.79 Å². The molecule has 7 heteroatoms. The fourth-order valence-electron chi connectivity index (χ4n) is 2.13. The molecule has 1 heterocycles. The van der Waals surface area contributed by atoms with Gasteiger partial charge in [-0.05, 0) is 40.5 Å². The Bertz CT molecular complexity index is 580. The van der Waals surface area contributed by atoms with Crippen LogP contribution in [0.3, 0.4) is 0 Å². The summed E-state index contributed by atoms with van der Waals surface area (Å²) in [6.07, 6.45) is -0.613. The zero-order valence-electron chi connectivity index (χ0n) is 11.2. The lowest BCUT2D eigenvalue weighted by molar-refractivity contribution is -0.129. The molecule has 0 bridgehead atoms. The minimum atomic E-state index is -2.63. The van der Waals surface area contributed by atoms with E-state index in [1.54, 1.807) is 24.3 Å². The molecule has 1 aliphatic heterocycles. The quantitative estimate of drug-likeness (QED) is 0.741. The van der Waals surface area contributed by atoms with Gasteiger partial charge in [0.2, 0.25) is 5.91 Å². The maximum absolute atomic E-state index is 12.7. The second kappa shape index (κ2) is 6.75. The summed E-state index contributed by atoms with van der Waals surface area (Å²) in [7, 11) is 1.53. The van der Waals surface area contributed by atoms with Crippen LogP contribution in [0.25, 0.3) is 5.70 Å². The minimum Gasteiger partial charge on any atom is -0.497 e. The van der Waals surface area contributed by atoms with Crippen LogP contribution in [0.2, 0.25) is 0 Å². The summed E-state index contributed by atoms with van der Waals surface area (Å²) in [6.45, 7) is -0.674. The molecule has 21 heavy (non-hydrogen) atoms. The Hall–Kier alpha value is -1.14. The van der Waals surface area contributed by atoms with E-state index in [0.717, 1.165) is 4.90 Å². The summed E-state index contributed by atoms with van der Waals surface area (Å²) in [6, 6.07) is 5.14. The van der Waals surface area contributed by atoms with E-state index in [1.165, 1.54) is 7.11 Å². The Morgan fingerprint density at radius 3 is 2.81 bits per heavy atom. The first-order chi connectivity index (χ1) is 9.93. The smallest absolute Gasteiger partial charge is 0.256 e. The van der Waals surface area contributed by atoms with Gasteiger partial charge in [-0.15, -0.1) is 11.6 Å². The van der Waals surface area contributed by atoms with Crippen molar-refractivity contribution >= 4 is 39.1 Å². The third-order valence-electron chi connectivity index (χ3n) is 3.12. The van der Waals surface area contributed by atoms with Crippen molar-refractivity contribution in [1.82, 2.24) is 4.90 Å². The first-order valence-corrected chi connectivity index (χ1v) is 7.44. The molecule has 1 aromatic rings. The monoisotopic (exact) mass is 379 g/mol. The molecule has 3 nitrogen and oxygen atoms in total. The average molecular weight is 381 g/mol. The van der Waals surface area contributed by atoms with E-state index < -0.39 is 24.3 Å². The Morgan fingerprint density at radius 2 is 2.24 bits per heavy atom. The van der Waals surface area contributed by atoms with Crippen LogP contribution in [0.5, 0.6) is 5.75 Å². The number of alkyl halides is 3. The van der Waals surface area contributed by atoms with Gasteiger partial charge in [0.25, 0.3) is 6.43 Å². The van der Waals surface area contributed by atoms with Crippen LogP contribution in [-0.4, -0.2) is 36.3 Å². The van der Waals surface area contributed by atoms with Crippen LogP contribution in [-0.2, 0) is 4.79 Å². The van der Waals surface area contributed by atoms with Gasteiger partial charge >= 0.3 is 0 Å². The molecule has 0 saturated heterocycles. The second-order valence-electron chi connectivity index (χ2n) is 4.48. The molecule has 2 rings (SSSR count). The van der Waals surface area contributed by atoms with Gasteiger partial charge in [-0.2, -0.15) is 0 Å². The number of hydrogen-bond donors (Lipinski definition) is 0. The van der Waals surface area contributed by atoms with Crippen molar-refractivity contribution in [3.05, 3.63) is 34.3 Å². The number of hydrogen-bond acceptors (Lipinski definition) is 2. The topological polar surface area (TPSA) is 29.5 Å². The minimum absolute atomic E-state index is 0.313. The number of benzene rings is 1. The number of nitrogens with zero attached hydrogens (tertiary/aromatic N) is 1. The van der Waals surface area contributed by atoms with Crippen LogP contribution >= 0.6 is 27.5 Å². The third-order valence-corrected chi connectivity index (χ3v) is 4.14. The Morgan fingerprint density at radius 1 is 1.52 bits per heavy atom. The Kier molecular flexibility index (Phi) is 5.22. The molecule has 1 amide bonds. The lowest BCUT2D eigenvalue weighted by atomic mass is 10.0. The number of carbonyl (C=O) groups is 1. The van der Waals surface area contributed by atoms with Gasteiger partial charge in [-0.1, -0.05) is 6.08 Å². The van der Waals surface area contributed by atoms with E-state index in [4.69, 9.17) is 16.3 Å². The van der Waals surface area contributed by atoms with Crippen molar-refractivity contribution in [3.63, 3.8) is 0 Å². The molecule has 0 N–H and O–H groups in total. The van der Waals surface area contributed by atoms with Gasteiger partial charge < -0.3 is 9.64 Å². The first kappa shape index (κ1) is 16.2. The maximum Gasteiger partial charge on any atom is 0.256 e. The summed E-state index contributed by atoms with van der Waals surface area (Å²) < 4.78 is 31.2. The molecular weight excluding hydrogens is 368 g/mol. The highest BCUT2D eigenvalue weighted by atomic mass is 79.9. The van der Waals surface area contributed by atoms with Crippen molar-refractivity contribution in [2.75, 3.05) is 13.7 Å². The molecule has 0 saturated carbocycles. The molecule has 1 aliphatic rings. The van der Waals surface area contributed by atoms with Crippen LogP contribution in [0.4, 0.5) is 8.78 Å². The highest BCUT2D eigenvalue weighted by molar-refractivity contribution is 9.10. The summed E-state index contributed by atoms with van der Waals surface area (Å²) in [5.74, 6) is 0.126. The van der Waals surface area contributed by atoms with Crippen LogP contribution in [0, 0.1) is 0 Å². The number of ether oxygens (including phenoxy) is 1. The van der Waals surface area contributed by atoms with Crippen molar-refractivity contribution in [3.8, 4) is 5.75 Å². The number of halogens is 4. The van der Waals surface area contributed by atoms with Gasteiger partial charge in [0.05, 0.1) is 13.7 Å². The van der Waals surface area contributed by atoms with Crippen LogP contribution in [0.15, 0.2) is 28.7 Å². The number of rotatable bonds is 4. The standard InChI is InChI=1S/C14H13BrClF2NO2/c1-21-8-2-3-9(10(15)6-8)12-5-4-11(16)14(20)19(12)7-13(17)18/h2-3,5-6,11,13H,4,7H2,1H3. The highest BCUT2D eigenvalue weighted by Gasteiger charge is 2.32. The SMILES string of the molecule is COc1ccc(C2=CCC(Cl)C(=O)N2CC(F)F)c(Br)c1. The van der Waals surface area contributed by atoms with Gasteiger partial charge in [0, 0.05) is 15.7 Å². The van der Waals surface area contributed by atoms with E-state index in [9.17, 15) is 13.6 Å². The summed E-state index contributed by atoms with van der Waals surface area (Å²) in [4.78, 5) is 13.1. The summed E-state index contributed by atoms with van der Waals surface area (Å²) in [5.41, 5.74) is 1.08. The normalized spacial score (nSPS) is 19.0. The van der Waals surface area contributed by atoms with E-state index in [0.29, 0.717) is 27.9 Å². The molecule has 0 aromatic heterocycles. The number of amides is 1. The van der Waals surface area contributed by atoms with Gasteiger partial charge in [-0.25, -0.2) is 8.78 Å². The third kappa shape index (κ3) is 3.55. The molecule has 0 spiro atoms. The van der Waals surface area contributed by atoms with Crippen molar-refractivity contribution in [2.24, 2.45) is 0 Å². The average Bonchev–Trinajstić information content (AvgIpc) is 2.44. The van der Waals surface area contributed by atoms with E-state index in [2.05, 4.69) is 15.9 Å². The largest absolute Gasteiger partial charge is 0.497 e. The van der Waals surface area contributed by atoms with Gasteiger partial charge in [0.1, 0.15) is 11.1 Å². The van der Waals surface area contributed by atoms with Crippen LogP contribution in [0.1, 0.15) is 12.0 Å². The molecule has 0 fully saturated rings.